The Balaban J connectivity index is 2.28. The van der Waals surface area contributed by atoms with Crippen LogP contribution in [0.2, 0.25) is 0 Å². The second-order valence-corrected chi connectivity index (χ2v) is 4.76. The van der Waals surface area contributed by atoms with Crippen molar-refractivity contribution in [3.8, 4) is 0 Å². The molecule has 1 heterocycles. The van der Waals surface area contributed by atoms with E-state index in [1.807, 2.05) is 16.7 Å². The van der Waals surface area contributed by atoms with Crippen molar-refractivity contribution in [1.29, 1.82) is 0 Å². The van der Waals surface area contributed by atoms with Gasteiger partial charge in [0, 0.05) is 14.9 Å². The molecular formula is C11H10BrS. The van der Waals surface area contributed by atoms with Crippen LogP contribution in [-0.2, 0) is 6.42 Å². The first-order valence-electron chi connectivity index (χ1n) is 4.29. The Morgan fingerprint density at radius 1 is 1.31 bits per heavy atom. The molecule has 0 unspecified atom stereocenters. The van der Waals surface area contributed by atoms with Crippen molar-refractivity contribution in [2.45, 2.75) is 12.8 Å². The molecule has 0 atom stereocenters. The largest absolute Gasteiger partial charge is 0.140 e. The maximum absolute atomic E-state index is 3.33. The van der Waals surface area contributed by atoms with Gasteiger partial charge in [0.2, 0.25) is 0 Å². The lowest BCUT2D eigenvalue weighted by molar-refractivity contribution is 1.02. The van der Waals surface area contributed by atoms with Gasteiger partial charge in [0.05, 0.1) is 0 Å². The van der Waals surface area contributed by atoms with Crippen LogP contribution < -0.4 is 0 Å². The first-order chi connectivity index (χ1) is 6.40. The van der Waals surface area contributed by atoms with Crippen molar-refractivity contribution in [2.75, 3.05) is 0 Å². The molecule has 0 saturated carbocycles. The van der Waals surface area contributed by atoms with E-state index in [0.29, 0.717) is 0 Å². The average Bonchev–Trinajstić information content (AvgIpc) is 2.57. The molecule has 0 nitrogen and oxygen atoms in total. The maximum atomic E-state index is 3.33. The zero-order valence-electron chi connectivity index (χ0n) is 7.16. The van der Waals surface area contributed by atoms with Crippen molar-refractivity contribution in [3.05, 3.63) is 40.5 Å². The first-order valence-corrected chi connectivity index (χ1v) is 6.03. The minimum Gasteiger partial charge on any atom is -0.140 e. The van der Waals surface area contributed by atoms with Crippen LogP contribution in [0.4, 0.5) is 0 Å². The Morgan fingerprint density at radius 3 is 2.92 bits per heavy atom. The van der Waals surface area contributed by atoms with Crippen LogP contribution in [0, 0.1) is 5.33 Å². The van der Waals surface area contributed by atoms with Gasteiger partial charge in [-0.05, 0) is 30.4 Å². The van der Waals surface area contributed by atoms with E-state index >= 15 is 0 Å². The summed E-state index contributed by atoms with van der Waals surface area (Å²) >= 11 is 5.23. The van der Waals surface area contributed by atoms with E-state index in [-0.39, 0.29) is 0 Å². The highest BCUT2D eigenvalue weighted by atomic mass is 79.9. The lowest BCUT2D eigenvalue weighted by atomic mass is 10.2. The second-order valence-electron chi connectivity index (χ2n) is 2.94. The molecule has 0 spiro atoms. The fraction of sp³-hybridized carbons (Fsp3) is 0.182. The van der Waals surface area contributed by atoms with Crippen molar-refractivity contribution in [2.24, 2.45) is 0 Å². The SMILES string of the molecule is Br[CH]CCc1cc2ccccc2s1. The fourth-order valence-electron chi connectivity index (χ4n) is 1.36. The summed E-state index contributed by atoms with van der Waals surface area (Å²) in [4.78, 5) is 1.47. The summed E-state index contributed by atoms with van der Waals surface area (Å²) in [6.07, 6.45) is 2.25. The van der Waals surface area contributed by atoms with E-state index < -0.39 is 0 Å². The van der Waals surface area contributed by atoms with Crippen LogP contribution >= 0.6 is 27.3 Å². The number of thiophene rings is 1. The number of hydrogen-bond acceptors (Lipinski definition) is 1. The van der Waals surface area contributed by atoms with Crippen LogP contribution in [0.15, 0.2) is 30.3 Å². The average molecular weight is 254 g/mol. The molecule has 0 fully saturated rings. The topological polar surface area (TPSA) is 0 Å². The van der Waals surface area contributed by atoms with Gasteiger partial charge in [-0.15, -0.1) is 11.3 Å². The Labute approximate surface area is 90.7 Å². The predicted molar refractivity (Wildman–Crippen MR) is 63.4 cm³/mol. The quantitative estimate of drug-likeness (QED) is 0.762. The molecule has 0 aliphatic carbocycles. The first kappa shape index (κ1) is 9.22. The fourth-order valence-corrected chi connectivity index (χ4v) is 2.67. The van der Waals surface area contributed by atoms with Gasteiger partial charge in [-0.2, -0.15) is 0 Å². The highest BCUT2D eigenvalue weighted by Gasteiger charge is 1.99. The molecule has 67 valence electrons. The second kappa shape index (κ2) is 4.25. The molecule has 1 aromatic heterocycles. The molecule has 2 aromatic rings. The normalized spacial score (nSPS) is 10.8. The Bertz CT molecular complexity index is 359. The zero-order chi connectivity index (χ0) is 9.10. The van der Waals surface area contributed by atoms with Crippen molar-refractivity contribution < 1.29 is 0 Å². The van der Waals surface area contributed by atoms with Gasteiger partial charge in [-0.3, -0.25) is 0 Å². The predicted octanol–water partition coefficient (Wildman–Crippen LogP) is 4.39. The highest BCUT2D eigenvalue weighted by Crippen LogP contribution is 2.26. The third-order valence-corrected chi connectivity index (χ3v) is 3.61. The van der Waals surface area contributed by atoms with Gasteiger partial charge in [-0.1, -0.05) is 34.1 Å². The third-order valence-electron chi connectivity index (χ3n) is 1.98. The number of halogens is 1. The van der Waals surface area contributed by atoms with Crippen molar-refractivity contribution >= 4 is 37.4 Å². The van der Waals surface area contributed by atoms with Crippen LogP contribution in [0.1, 0.15) is 11.3 Å². The van der Waals surface area contributed by atoms with Crippen LogP contribution in [0.25, 0.3) is 10.1 Å². The number of benzene rings is 1. The summed E-state index contributed by atoms with van der Waals surface area (Å²) in [6.45, 7) is 0. The molecule has 0 amide bonds. The summed E-state index contributed by atoms with van der Waals surface area (Å²) in [6, 6.07) is 10.8. The number of hydrogen-bond donors (Lipinski definition) is 0. The summed E-state index contributed by atoms with van der Waals surface area (Å²) in [5.74, 6) is 0. The summed E-state index contributed by atoms with van der Waals surface area (Å²) in [5.41, 5.74) is 0. The molecule has 13 heavy (non-hydrogen) atoms. The van der Waals surface area contributed by atoms with E-state index in [2.05, 4.69) is 46.3 Å². The minimum atomic E-state index is 1.10. The number of aryl methyl sites for hydroxylation is 1. The van der Waals surface area contributed by atoms with E-state index in [1.165, 1.54) is 15.0 Å². The molecule has 0 N–H and O–H groups in total. The molecule has 0 saturated heterocycles. The van der Waals surface area contributed by atoms with Gasteiger partial charge in [0.15, 0.2) is 0 Å². The standard InChI is InChI=1S/C11H10BrS/c12-7-3-5-10-8-9-4-1-2-6-11(9)13-10/h1-2,4,6-8H,3,5H2. The van der Waals surface area contributed by atoms with Crippen molar-refractivity contribution in [1.82, 2.24) is 0 Å². The monoisotopic (exact) mass is 253 g/mol. The highest BCUT2D eigenvalue weighted by molar-refractivity contribution is 9.10. The summed E-state index contributed by atoms with van der Waals surface area (Å²) in [5, 5.41) is 3.41. The molecule has 0 aliphatic heterocycles. The maximum Gasteiger partial charge on any atom is 0.0345 e. The van der Waals surface area contributed by atoms with Gasteiger partial charge in [-0.25, -0.2) is 0 Å². The van der Waals surface area contributed by atoms with E-state index in [9.17, 15) is 0 Å². The number of fused-ring (bicyclic) bond motifs is 1. The lowest BCUT2D eigenvalue weighted by Crippen LogP contribution is -1.75. The molecule has 2 rings (SSSR count). The Morgan fingerprint density at radius 2 is 2.15 bits per heavy atom. The minimum absolute atomic E-state index is 1.10. The number of rotatable bonds is 3. The van der Waals surface area contributed by atoms with E-state index in [4.69, 9.17) is 0 Å². The van der Waals surface area contributed by atoms with E-state index in [0.717, 1.165) is 12.8 Å². The van der Waals surface area contributed by atoms with Gasteiger partial charge in [0.25, 0.3) is 0 Å². The molecule has 0 bridgehead atoms. The van der Waals surface area contributed by atoms with Gasteiger partial charge < -0.3 is 0 Å². The molecule has 1 radical (unpaired) electrons. The zero-order valence-corrected chi connectivity index (χ0v) is 9.57. The lowest BCUT2D eigenvalue weighted by Gasteiger charge is -1.89. The molecule has 0 aliphatic rings. The van der Waals surface area contributed by atoms with Crippen molar-refractivity contribution in [3.63, 3.8) is 0 Å². The Kier molecular flexibility index (Phi) is 3.01. The Hall–Kier alpha value is -0.340. The summed E-state index contributed by atoms with van der Waals surface area (Å²) < 4.78 is 1.40. The molecule has 1 aromatic carbocycles. The molecular weight excluding hydrogens is 244 g/mol. The van der Waals surface area contributed by atoms with Crippen LogP contribution in [-0.4, -0.2) is 0 Å². The van der Waals surface area contributed by atoms with Gasteiger partial charge >= 0.3 is 0 Å². The van der Waals surface area contributed by atoms with Crippen LogP contribution in [0.3, 0.4) is 0 Å². The third kappa shape index (κ3) is 2.12. The smallest absolute Gasteiger partial charge is 0.0345 e. The molecule has 2 heteroatoms. The summed E-state index contributed by atoms with van der Waals surface area (Å²) in [7, 11) is 0. The van der Waals surface area contributed by atoms with E-state index in [1.54, 1.807) is 0 Å². The van der Waals surface area contributed by atoms with Gasteiger partial charge in [0.1, 0.15) is 0 Å². The van der Waals surface area contributed by atoms with Crippen LogP contribution in [0.5, 0.6) is 0 Å².